The number of halogens is 1. The van der Waals surface area contributed by atoms with Crippen molar-refractivity contribution in [3.63, 3.8) is 0 Å². The molecule has 2 aromatic rings. The summed E-state index contributed by atoms with van der Waals surface area (Å²) in [7, 11) is 0. The zero-order valence-electron chi connectivity index (χ0n) is 11.7. The lowest BCUT2D eigenvalue weighted by Gasteiger charge is -2.27. The third-order valence-corrected chi connectivity index (χ3v) is 3.36. The molecule has 3 rings (SSSR count). The summed E-state index contributed by atoms with van der Waals surface area (Å²) in [6, 6.07) is 5.02. The zero-order chi connectivity index (χ0) is 15.4. The molecule has 0 saturated carbocycles. The normalized spacial score (nSPS) is 14.7. The van der Waals surface area contributed by atoms with Gasteiger partial charge in [0.1, 0.15) is 11.0 Å². The van der Waals surface area contributed by atoms with Gasteiger partial charge in [-0.1, -0.05) is 11.6 Å². The zero-order valence-corrected chi connectivity index (χ0v) is 12.5. The molecular formula is C14H14ClN5O2. The molecule has 0 aromatic carbocycles. The fourth-order valence-corrected chi connectivity index (χ4v) is 2.26. The molecule has 0 spiro atoms. The summed E-state index contributed by atoms with van der Waals surface area (Å²) in [5.74, 6) is 0.510. The highest BCUT2D eigenvalue weighted by atomic mass is 35.5. The molecule has 8 heteroatoms. The van der Waals surface area contributed by atoms with Crippen LogP contribution < -0.4 is 10.2 Å². The van der Waals surface area contributed by atoms with Gasteiger partial charge in [-0.3, -0.25) is 15.1 Å². The van der Waals surface area contributed by atoms with Crippen LogP contribution in [0.3, 0.4) is 0 Å². The van der Waals surface area contributed by atoms with Crippen molar-refractivity contribution >= 4 is 29.3 Å². The van der Waals surface area contributed by atoms with Crippen LogP contribution in [0.25, 0.3) is 0 Å². The highest BCUT2D eigenvalue weighted by molar-refractivity contribution is 6.29. The van der Waals surface area contributed by atoms with E-state index in [4.69, 9.17) is 16.3 Å². The maximum atomic E-state index is 12.1. The average Bonchev–Trinajstić information content (AvgIpc) is 2.56. The highest BCUT2D eigenvalue weighted by Gasteiger charge is 2.16. The highest BCUT2D eigenvalue weighted by Crippen LogP contribution is 2.19. The molecule has 0 radical (unpaired) electrons. The molecule has 22 heavy (non-hydrogen) atoms. The average molecular weight is 320 g/mol. The van der Waals surface area contributed by atoms with Gasteiger partial charge in [0.25, 0.3) is 5.91 Å². The Bertz CT molecular complexity index is 662. The van der Waals surface area contributed by atoms with Crippen LogP contribution in [0.15, 0.2) is 30.6 Å². The monoisotopic (exact) mass is 319 g/mol. The molecule has 1 aliphatic heterocycles. The Morgan fingerprint density at radius 2 is 2.14 bits per heavy atom. The number of hydrogen-bond donors (Lipinski definition) is 1. The van der Waals surface area contributed by atoms with E-state index in [-0.39, 0.29) is 17.0 Å². The summed E-state index contributed by atoms with van der Waals surface area (Å²) in [5, 5.41) is 2.91. The third-order valence-electron chi connectivity index (χ3n) is 3.17. The molecule has 0 aliphatic carbocycles. The number of aromatic nitrogens is 3. The Hall–Kier alpha value is -2.25. The summed E-state index contributed by atoms with van der Waals surface area (Å²) < 4.78 is 5.31. The molecular weight excluding hydrogens is 306 g/mol. The van der Waals surface area contributed by atoms with E-state index in [9.17, 15) is 4.79 Å². The van der Waals surface area contributed by atoms with E-state index < -0.39 is 0 Å². The quantitative estimate of drug-likeness (QED) is 0.866. The summed E-state index contributed by atoms with van der Waals surface area (Å²) in [6.07, 6.45) is 3.08. The number of anilines is 2. The van der Waals surface area contributed by atoms with E-state index in [1.54, 1.807) is 24.4 Å². The second kappa shape index (κ2) is 6.67. The molecule has 1 saturated heterocycles. The number of nitrogens with zero attached hydrogens (tertiary/aromatic N) is 4. The first kappa shape index (κ1) is 14.7. The number of carbonyl (C=O) groups excluding carboxylic acids is 1. The lowest BCUT2D eigenvalue weighted by Crippen LogP contribution is -2.37. The number of ether oxygens (including phenoxy) is 1. The van der Waals surface area contributed by atoms with E-state index >= 15 is 0 Å². The van der Waals surface area contributed by atoms with Crippen LogP contribution in [0.2, 0.25) is 5.15 Å². The number of pyridine rings is 1. The van der Waals surface area contributed by atoms with Gasteiger partial charge in [0.2, 0.25) is 5.95 Å². The number of amides is 1. The molecule has 1 N–H and O–H groups in total. The van der Waals surface area contributed by atoms with Gasteiger partial charge in [0.15, 0.2) is 0 Å². The molecule has 1 amide bonds. The number of morpholine rings is 1. The number of hydrogen-bond acceptors (Lipinski definition) is 6. The molecule has 1 aliphatic rings. The molecule has 0 unspecified atom stereocenters. The van der Waals surface area contributed by atoms with Crippen LogP contribution in [-0.4, -0.2) is 47.2 Å². The maximum absolute atomic E-state index is 12.1. The van der Waals surface area contributed by atoms with Gasteiger partial charge >= 0.3 is 0 Å². The van der Waals surface area contributed by atoms with E-state index in [2.05, 4.69) is 20.3 Å². The SMILES string of the molecule is O=C(Nc1nc(Cl)cc(N2CCOCC2)n1)c1cccnc1. The molecule has 3 heterocycles. The van der Waals surface area contributed by atoms with Gasteiger partial charge in [-0.2, -0.15) is 4.98 Å². The largest absolute Gasteiger partial charge is 0.378 e. The van der Waals surface area contributed by atoms with Gasteiger partial charge in [-0.05, 0) is 12.1 Å². The Morgan fingerprint density at radius 1 is 1.32 bits per heavy atom. The van der Waals surface area contributed by atoms with Crippen LogP contribution in [0.1, 0.15) is 10.4 Å². The van der Waals surface area contributed by atoms with Crippen molar-refractivity contribution in [3.05, 3.63) is 41.3 Å². The first-order chi connectivity index (χ1) is 10.7. The molecule has 7 nitrogen and oxygen atoms in total. The minimum absolute atomic E-state index is 0.169. The maximum Gasteiger partial charge on any atom is 0.259 e. The Balaban J connectivity index is 1.79. The van der Waals surface area contributed by atoms with Crippen molar-refractivity contribution in [1.29, 1.82) is 0 Å². The standard InChI is InChI=1S/C14H14ClN5O2/c15-11-8-12(20-4-6-22-7-5-20)18-14(17-11)19-13(21)10-2-1-3-16-9-10/h1-3,8-9H,4-7H2,(H,17,18,19,21). The van der Waals surface area contributed by atoms with Gasteiger partial charge in [-0.25, -0.2) is 4.98 Å². The molecule has 0 atom stereocenters. The number of carbonyl (C=O) groups is 1. The first-order valence-electron chi connectivity index (χ1n) is 6.81. The van der Waals surface area contributed by atoms with E-state index in [0.717, 1.165) is 13.1 Å². The molecule has 114 valence electrons. The fraction of sp³-hybridized carbons (Fsp3) is 0.286. The molecule has 0 bridgehead atoms. The van der Waals surface area contributed by atoms with E-state index in [0.29, 0.717) is 24.6 Å². The first-order valence-corrected chi connectivity index (χ1v) is 7.19. The topological polar surface area (TPSA) is 80.2 Å². The smallest absolute Gasteiger partial charge is 0.259 e. The van der Waals surface area contributed by atoms with Crippen molar-refractivity contribution in [2.75, 3.05) is 36.5 Å². The summed E-state index contributed by atoms with van der Waals surface area (Å²) >= 11 is 6.03. The summed E-state index contributed by atoms with van der Waals surface area (Å²) in [4.78, 5) is 26.4. The van der Waals surface area contributed by atoms with E-state index in [1.807, 2.05) is 4.90 Å². The van der Waals surface area contributed by atoms with Crippen molar-refractivity contribution < 1.29 is 9.53 Å². The summed E-state index contributed by atoms with van der Waals surface area (Å²) in [5.41, 5.74) is 0.430. The Kier molecular flexibility index (Phi) is 4.45. The third kappa shape index (κ3) is 3.49. The van der Waals surface area contributed by atoms with Crippen molar-refractivity contribution in [1.82, 2.24) is 15.0 Å². The Labute approximate surface area is 132 Å². The Morgan fingerprint density at radius 3 is 2.86 bits per heavy atom. The van der Waals surface area contributed by atoms with Crippen LogP contribution >= 0.6 is 11.6 Å². The lowest BCUT2D eigenvalue weighted by atomic mass is 10.3. The van der Waals surface area contributed by atoms with Crippen LogP contribution in [0, 0.1) is 0 Å². The minimum atomic E-state index is -0.330. The van der Waals surface area contributed by atoms with Crippen molar-refractivity contribution in [3.8, 4) is 0 Å². The fourth-order valence-electron chi connectivity index (χ4n) is 2.09. The van der Waals surface area contributed by atoms with Gasteiger partial charge in [-0.15, -0.1) is 0 Å². The van der Waals surface area contributed by atoms with Crippen molar-refractivity contribution in [2.45, 2.75) is 0 Å². The number of rotatable bonds is 3. The van der Waals surface area contributed by atoms with Gasteiger partial charge < -0.3 is 9.64 Å². The second-order valence-electron chi connectivity index (χ2n) is 4.67. The van der Waals surface area contributed by atoms with Crippen molar-refractivity contribution in [2.24, 2.45) is 0 Å². The second-order valence-corrected chi connectivity index (χ2v) is 5.05. The number of nitrogens with one attached hydrogen (secondary N) is 1. The summed E-state index contributed by atoms with van der Waals surface area (Å²) in [6.45, 7) is 2.73. The minimum Gasteiger partial charge on any atom is -0.378 e. The van der Waals surface area contributed by atoms with Crippen LogP contribution in [-0.2, 0) is 4.74 Å². The predicted molar refractivity (Wildman–Crippen MR) is 82.3 cm³/mol. The van der Waals surface area contributed by atoms with E-state index in [1.165, 1.54) is 6.20 Å². The predicted octanol–water partition coefficient (Wildman–Crippen LogP) is 1.61. The molecule has 1 fully saturated rings. The van der Waals surface area contributed by atoms with Crippen LogP contribution in [0.4, 0.5) is 11.8 Å². The van der Waals surface area contributed by atoms with Crippen LogP contribution in [0.5, 0.6) is 0 Å². The lowest BCUT2D eigenvalue weighted by molar-refractivity contribution is 0.102. The van der Waals surface area contributed by atoms with Gasteiger partial charge in [0.05, 0.1) is 18.8 Å². The van der Waals surface area contributed by atoms with Gasteiger partial charge in [0, 0.05) is 31.5 Å². The molecule has 2 aromatic heterocycles.